The summed E-state index contributed by atoms with van der Waals surface area (Å²) < 4.78 is 10.2. The number of nitrogens with one attached hydrogen (secondary N) is 1. The van der Waals surface area contributed by atoms with Gasteiger partial charge in [0, 0.05) is 11.8 Å². The molecule has 0 aromatic heterocycles. The Hall–Kier alpha value is -1.71. The van der Waals surface area contributed by atoms with Crippen molar-refractivity contribution in [3.8, 4) is 5.75 Å². The number of hydrogen-bond donors (Lipinski definition) is 1. The molecule has 88 valence electrons. The first kappa shape index (κ1) is 12.4. The molecular weight excluding hydrogens is 206 g/mol. The molecule has 0 aliphatic carbocycles. The number of hydrogen-bond acceptors (Lipinski definition) is 3. The number of carbonyl (C=O) groups is 1. The Morgan fingerprint density at radius 1 is 1.31 bits per heavy atom. The van der Waals surface area contributed by atoms with Crippen LogP contribution in [0.4, 0.5) is 10.5 Å². The molecule has 0 spiro atoms. The molecule has 1 amide bonds. The molecule has 1 aromatic rings. The molecule has 1 aromatic carbocycles. The van der Waals surface area contributed by atoms with E-state index in [1.807, 2.05) is 26.0 Å². The highest BCUT2D eigenvalue weighted by Gasteiger charge is 2.05. The summed E-state index contributed by atoms with van der Waals surface area (Å²) in [5.41, 5.74) is 1.71. The van der Waals surface area contributed by atoms with Gasteiger partial charge in [0.05, 0.1) is 13.2 Å². The minimum atomic E-state index is -0.450. The summed E-state index contributed by atoms with van der Waals surface area (Å²) in [6.07, 6.45) is -0.450. The van der Waals surface area contributed by atoms with Crippen molar-refractivity contribution in [2.45, 2.75) is 20.8 Å². The van der Waals surface area contributed by atoms with Crippen molar-refractivity contribution in [2.75, 3.05) is 18.5 Å². The van der Waals surface area contributed by atoms with Crippen LogP contribution in [0, 0.1) is 6.92 Å². The van der Waals surface area contributed by atoms with E-state index >= 15 is 0 Å². The Balaban J connectivity index is 2.74. The second kappa shape index (κ2) is 6.00. The molecule has 0 radical (unpaired) electrons. The highest BCUT2D eigenvalue weighted by Crippen LogP contribution is 2.22. The Kier molecular flexibility index (Phi) is 4.64. The number of rotatable bonds is 4. The number of amides is 1. The number of carbonyl (C=O) groups excluding carboxylic acids is 1. The predicted octanol–water partition coefficient (Wildman–Crippen LogP) is 2.96. The minimum absolute atomic E-state index is 0.357. The molecule has 0 saturated heterocycles. The van der Waals surface area contributed by atoms with Crippen molar-refractivity contribution in [1.82, 2.24) is 0 Å². The zero-order valence-electron chi connectivity index (χ0n) is 9.87. The largest absolute Gasteiger partial charge is 0.494 e. The van der Waals surface area contributed by atoms with Gasteiger partial charge in [-0.2, -0.15) is 0 Å². The fourth-order valence-electron chi connectivity index (χ4n) is 1.27. The molecule has 0 unspecified atom stereocenters. The molecule has 1 N–H and O–H groups in total. The highest BCUT2D eigenvalue weighted by molar-refractivity contribution is 5.84. The quantitative estimate of drug-likeness (QED) is 0.853. The van der Waals surface area contributed by atoms with Crippen molar-refractivity contribution >= 4 is 11.8 Å². The van der Waals surface area contributed by atoms with Gasteiger partial charge in [0.15, 0.2) is 0 Å². The molecule has 1 rings (SSSR count). The number of aryl methyl sites for hydroxylation is 1. The molecule has 0 aliphatic rings. The SMILES string of the molecule is CCOC(=O)Nc1ccc(C)c(OCC)c1. The summed E-state index contributed by atoms with van der Waals surface area (Å²) in [7, 11) is 0. The minimum Gasteiger partial charge on any atom is -0.494 e. The lowest BCUT2D eigenvalue weighted by Gasteiger charge is -2.10. The van der Waals surface area contributed by atoms with Gasteiger partial charge in [0.1, 0.15) is 5.75 Å². The first-order valence-electron chi connectivity index (χ1n) is 5.34. The molecule has 0 saturated carbocycles. The van der Waals surface area contributed by atoms with E-state index in [1.165, 1.54) is 0 Å². The van der Waals surface area contributed by atoms with Crippen LogP contribution < -0.4 is 10.1 Å². The van der Waals surface area contributed by atoms with Crippen molar-refractivity contribution in [2.24, 2.45) is 0 Å². The standard InChI is InChI=1S/C12H17NO3/c1-4-15-11-8-10(7-6-9(11)3)13-12(14)16-5-2/h6-8H,4-5H2,1-3H3,(H,13,14). The molecule has 0 heterocycles. The van der Waals surface area contributed by atoms with E-state index in [-0.39, 0.29) is 0 Å². The normalized spacial score (nSPS) is 9.69. The van der Waals surface area contributed by atoms with Crippen LogP contribution in [-0.4, -0.2) is 19.3 Å². The van der Waals surface area contributed by atoms with E-state index < -0.39 is 6.09 Å². The molecule has 0 fully saturated rings. The maximum absolute atomic E-state index is 11.2. The van der Waals surface area contributed by atoms with Crippen LogP contribution in [0.1, 0.15) is 19.4 Å². The Labute approximate surface area is 95.6 Å². The lowest BCUT2D eigenvalue weighted by Crippen LogP contribution is -2.13. The van der Waals surface area contributed by atoms with Crippen molar-refractivity contribution in [3.05, 3.63) is 23.8 Å². The van der Waals surface area contributed by atoms with E-state index in [2.05, 4.69) is 5.32 Å². The molecule has 4 nitrogen and oxygen atoms in total. The van der Waals surface area contributed by atoms with Gasteiger partial charge >= 0.3 is 6.09 Å². The first-order valence-corrected chi connectivity index (χ1v) is 5.34. The summed E-state index contributed by atoms with van der Waals surface area (Å²) in [4.78, 5) is 11.2. The number of ether oxygens (including phenoxy) is 2. The average molecular weight is 223 g/mol. The van der Waals surface area contributed by atoms with Gasteiger partial charge in [-0.3, -0.25) is 5.32 Å². The van der Waals surface area contributed by atoms with Crippen LogP contribution in [-0.2, 0) is 4.74 Å². The first-order chi connectivity index (χ1) is 7.67. The summed E-state index contributed by atoms with van der Waals surface area (Å²) in [6, 6.07) is 5.50. The predicted molar refractivity (Wildman–Crippen MR) is 63.0 cm³/mol. The summed E-state index contributed by atoms with van der Waals surface area (Å²) in [5, 5.41) is 2.63. The van der Waals surface area contributed by atoms with Gasteiger partial charge in [-0.15, -0.1) is 0 Å². The zero-order valence-corrected chi connectivity index (χ0v) is 9.87. The van der Waals surface area contributed by atoms with Gasteiger partial charge in [-0.05, 0) is 32.4 Å². The Morgan fingerprint density at radius 2 is 2.06 bits per heavy atom. The van der Waals surface area contributed by atoms with E-state index in [0.29, 0.717) is 18.9 Å². The van der Waals surface area contributed by atoms with Crippen LogP contribution in [0.25, 0.3) is 0 Å². The third-order valence-corrected chi connectivity index (χ3v) is 2.01. The monoisotopic (exact) mass is 223 g/mol. The van der Waals surface area contributed by atoms with Gasteiger partial charge in [-0.1, -0.05) is 6.07 Å². The third-order valence-electron chi connectivity index (χ3n) is 2.01. The van der Waals surface area contributed by atoms with Crippen LogP contribution in [0.15, 0.2) is 18.2 Å². The van der Waals surface area contributed by atoms with Crippen molar-refractivity contribution < 1.29 is 14.3 Å². The maximum atomic E-state index is 11.2. The fraction of sp³-hybridized carbons (Fsp3) is 0.417. The highest BCUT2D eigenvalue weighted by atomic mass is 16.5. The number of anilines is 1. The number of benzene rings is 1. The average Bonchev–Trinajstić information content (AvgIpc) is 2.24. The Bertz CT molecular complexity index is 363. The molecule has 0 bridgehead atoms. The van der Waals surface area contributed by atoms with Gasteiger partial charge in [0.2, 0.25) is 0 Å². The van der Waals surface area contributed by atoms with Gasteiger partial charge in [0.25, 0.3) is 0 Å². The molecule has 0 aliphatic heterocycles. The second-order valence-electron chi connectivity index (χ2n) is 3.26. The Morgan fingerprint density at radius 3 is 2.69 bits per heavy atom. The zero-order chi connectivity index (χ0) is 12.0. The molecule has 4 heteroatoms. The summed E-state index contributed by atoms with van der Waals surface area (Å²) >= 11 is 0. The van der Waals surface area contributed by atoms with Crippen LogP contribution >= 0.6 is 0 Å². The van der Waals surface area contributed by atoms with E-state index in [9.17, 15) is 4.79 Å². The van der Waals surface area contributed by atoms with Crippen molar-refractivity contribution in [3.63, 3.8) is 0 Å². The fourth-order valence-corrected chi connectivity index (χ4v) is 1.27. The van der Waals surface area contributed by atoms with Crippen LogP contribution in [0.2, 0.25) is 0 Å². The van der Waals surface area contributed by atoms with E-state index in [4.69, 9.17) is 9.47 Å². The molecule has 0 atom stereocenters. The van der Waals surface area contributed by atoms with Crippen LogP contribution in [0.5, 0.6) is 5.75 Å². The van der Waals surface area contributed by atoms with Gasteiger partial charge in [-0.25, -0.2) is 4.79 Å². The molecule has 16 heavy (non-hydrogen) atoms. The van der Waals surface area contributed by atoms with E-state index in [1.54, 1.807) is 13.0 Å². The van der Waals surface area contributed by atoms with Gasteiger partial charge < -0.3 is 9.47 Å². The van der Waals surface area contributed by atoms with Crippen molar-refractivity contribution in [1.29, 1.82) is 0 Å². The maximum Gasteiger partial charge on any atom is 0.411 e. The topological polar surface area (TPSA) is 47.6 Å². The smallest absolute Gasteiger partial charge is 0.411 e. The van der Waals surface area contributed by atoms with Crippen LogP contribution in [0.3, 0.4) is 0 Å². The summed E-state index contributed by atoms with van der Waals surface area (Å²) in [6.45, 7) is 6.60. The summed E-state index contributed by atoms with van der Waals surface area (Å²) in [5.74, 6) is 0.775. The lowest BCUT2D eigenvalue weighted by molar-refractivity contribution is 0.168. The third kappa shape index (κ3) is 3.46. The second-order valence-corrected chi connectivity index (χ2v) is 3.26. The molecular formula is C12H17NO3. The van der Waals surface area contributed by atoms with E-state index in [0.717, 1.165) is 11.3 Å². The lowest BCUT2D eigenvalue weighted by atomic mass is 10.2.